The quantitative estimate of drug-likeness (QED) is 0.797. The van der Waals surface area contributed by atoms with Gasteiger partial charge in [0.1, 0.15) is 5.82 Å². The molecule has 1 atom stereocenters. The Morgan fingerprint density at radius 2 is 2.00 bits per heavy atom. The third-order valence-electron chi connectivity index (χ3n) is 2.03. The van der Waals surface area contributed by atoms with Gasteiger partial charge in [-0.1, -0.05) is 0 Å². The van der Waals surface area contributed by atoms with E-state index in [2.05, 4.69) is 5.32 Å². The van der Waals surface area contributed by atoms with Crippen LogP contribution < -0.4 is 10.1 Å². The molecule has 15 heavy (non-hydrogen) atoms. The lowest BCUT2D eigenvalue weighted by molar-refractivity contribution is 0.167. The van der Waals surface area contributed by atoms with E-state index in [1.54, 1.807) is 7.05 Å². The molecule has 0 amide bonds. The number of aliphatic hydroxyl groups is 1. The van der Waals surface area contributed by atoms with Crippen LogP contribution in [0.4, 0.5) is 8.78 Å². The van der Waals surface area contributed by atoms with E-state index in [1.807, 2.05) is 0 Å². The number of hydrogen-bond acceptors (Lipinski definition) is 3. The van der Waals surface area contributed by atoms with Gasteiger partial charge in [0.15, 0.2) is 11.6 Å². The molecule has 0 saturated heterocycles. The number of ether oxygens (including phenoxy) is 1. The van der Waals surface area contributed by atoms with E-state index < -0.39 is 17.7 Å². The molecule has 0 aliphatic carbocycles. The molecule has 1 rings (SSSR count). The summed E-state index contributed by atoms with van der Waals surface area (Å²) in [5, 5.41) is 12.3. The Morgan fingerprint density at radius 3 is 2.53 bits per heavy atom. The van der Waals surface area contributed by atoms with Crippen molar-refractivity contribution in [3.05, 3.63) is 29.3 Å². The molecule has 0 radical (unpaired) electrons. The maximum Gasteiger partial charge on any atom is 0.165 e. The van der Waals surface area contributed by atoms with Crippen LogP contribution >= 0.6 is 0 Å². The van der Waals surface area contributed by atoms with Gasteiger partial charge in [-0.2, -0.15) is 0 Å². The van der Waals surface area contributed by atoms with Crippen molar-refractivity contribution in [3.8, 4) is 5.75 Å². The number of halogens is 2. The van der Waals surface area contributed by atoms with Gasteiger partial charge in [-0.15, -0.1) is 0 Å². The summed E-state index contributed by atoms with van der Waals surface area (Å²) < 4.78 is 31.3. The predicted molar refractivity (Wildman–Crippen MR) is 51.8 cm³/mol. The van der Waals surface area contributed by atoms with Gasteiger partial charge in [0.05, 0.1) is 18.8 Å². The molecule has 1 aromatic carbocycles. The summed E-state index contributed by atoms with van der Waals surface area (Å²) in [5.74, 6) is -1.63. The summed E-state index contributed by atoms with van der Waals surface area (Å²) in [7, 11) is 2.83. The van der Waals surface area contributed by atoms with Crippen LogP contribution in [0, 0.1) is 11.6 Å². The third kappa shape index (κ3) is 2.43. The zero-order chi connectivity index (χ0) is 11.4. The Balaban J connectivity index is 3.18. The Kier molecular flexibility index (Phi) is 3.99. The molecule has 3 nitrogen and oxygen atoms in total. The fourth-order valence-corrected chi connectivity index (χ4v) is 1.36. The van der Waals surface area contributed by atoms with Crippen molar-refractivity contribution in [2.24, 2.45) is 0 Å². The van der Waals surface area contributed by atoms with Crippen molar-refractivity contribution >= 4 is 0 Å². The number of rotatable bonds is 4. The summed E-state index contributed by atoms with van der Waals surface area (Å²) in [5.41, 5.74) is -0.160. The Hall–Kier alpha value is -1.20. The second kappa shape index (κ2) is 5.04. The highest BCUT2D eigenvalue weighted by molar-refractivity contribution is 5.38. The molecule has 0 bridgehead atoms. The van der Waals surface area contributed by atoms with E-state index >= 15 is 0 Å². The van der Waals surface area contributed by atoms with E-state index in [9.17, 15) is 13.9 Å². The van der Waals surface area contributed by atoms with Crippen LogP contribution in [-0.4, -0.2) is 25.8 Å². The van der Waals surface area contributed by atoms with Gasteiger partial charge in [-0.3, -0.25) is 0 Å². The average molecular weight is 217 g/mol. The first kappa shape index (κ1) is 11.9. The molecule has 0 aromatic heterocycles. The maximum atomic E-state index is 13.4. The standard InChI is InChI=1S/C10H13F2NO2/c1-13-5-8(14)9-6(11)3-4-7(12)10(9)15-2/h3-4,8,13-14H,5H2,1-2H3. The summed E-state index contributed by atoms with van der Waals surface area (Å²) in [6.45, 7) is 0.122. The Labute approximate surface area is 86.7 Å². The molecular formula is C10H13F2NO2. The van der Waals surface area contributed by atoms with Crippen molar-refractivity contribution in [3.63, 3.8) is 0 Å². The lowest BCUT2D eigenvalue weighted by atomic mass is 10.1. The highest BCUT2D eigenvalue weighted by Crippen LogP contribution is 2.30. The van der Waals surface area contributed by atoms with E-state index in [1.165, 1.54) is 7.11 Å². The van der Waals surface area contributed by atoms with Gasteiger partial charge >= 0.3 is 0 Å². The number of hydrogen-bond donors (Lipinski definition) is 2. The molecule has 0 heterocycles. The minimum absolute atomic E-state index is 0.122. The number of benzene rings is 1. The van der Waals surface area contributed by atoms with Gasteiger partial charge < -0.3 is 15.2 Å². The SMILES string of the molecule is CNCC(O)c1c(F)ccc(F)c1OC. The number of aliphatic hydroxyl groups excluding tert-OH is 1. The van der Waals surface area contributed by atoms with Gasteiger partial charge in [0.2, 0.25) is 0 Å². The van der Waals surface area contributed by atoms with E-state index in [0.717, 1.165) is 12.1 Å². The number of likely N-dealkylation sites (N-methyl/N-ethyl adjacent to an activating group) is 1. The van der Waals surface area contributed by atoms with Crippen molar-refractivity contribution in [2.75, 3.05) is 20.7 Å². The molecule has 1 aromatic rings. The highest BCUT2D eigenvalue weighted by Gasteiger charge is 2.20. The molecule has 0 aliphatic rings. The van der Waals surface area contributed by atoms with Crippen molar-refractivity contribution in [1.82, 2.24) is 5.32 Å². The van der Waals surface area contributed by atoms with Crippen LogP contribution in [0.2, 0.25) is 0 Å². The fourth-order valence-electron chi connectivity index (χ4n) is 1.36. The molecule has 2 N–H and O–H groups in total. The maximum absolute atomic E-state index is 13.4. The van der Waals surface area contributed by atoms with Crippen LogP contribution in [0.1, 0.15) is 11.7 Å². The summed E-state index contributed by atoms with van der Waals surface area (Å²) in [6.07, 6.45) is -1.14. The van der Waals surface area contributed by atoms with Gasteiger partial charge in [-0.25, -0.2) is 8.78 Å². The Bertz CT molecular complexity index is 344. The van der Waals surface area contributed by atoms with E-state index in [4.69, 9.17) is 4.74 Å². The van der Waals surface area contributed by atoms with Crippen LogP contribution in [-0.2, 0) is 0 Å². The lowest BCUT2D eigenvalue weighted by Crippen LogP contribution is -2.18. The minimum Gasteiger partial charge on any atom is -0.493 e. The smallest absolute Gasteiger partial charge is 0.165 e. The third-order valence-corrected chi connectivity index (χ3v) is 2.03. The molecule has 84 valence electrons. The number of methoxy groups -OCH3 is 1. The first-order valence-corrected chi connectivity index (χ1v) is 4.46. The molecule has 0 saturated carbocycles. The molecule has 1 unspecified atom stereocenters. The highest BCUT2D eigenvalue weighted by atomic mass is 19.1. The second-order valence-electron chi connectivity index (χ2n) is 3.05. The molecule has 0 spiro atoms. The number of nitrogens with one attached hydrogen (secondary N) is 1. The molecule has 0 aliphatic heterocycles. The van der Waals surface area contributed by atoms with E-state index in [0.29, 0.717) is 0 Å². The normalized spacial score (nSPS) is 12.6. The minimum atomic E-state index is -1.14. The molecular weight excluding hydrogens is 204 g/mol. The Morgan fingerprint density at radius 1 is 1.40 bits per heavy atom. The van der Waals surface area contributed by atoms with E-state index in [-0.39, 0.29) is 17.9 Å². The van der Waals surface area contributed by atoms with Gasteiger partial charge in [0.25, 0.3) is 0 Å². The first-order chi connectivity index (χ1) is 7.11. The van der Waals surface area contributed by atoms with Crippen LogP contribution in [0.15, 0.2) is 12.1 Å². The zero-order valence-electron chi connectivity index (χ0n) is 8.55. The topological polar surface area (TPSA) is 41.5 Å². The van der Waals surface area contributed by atoms with Crippen molar-refractivity contribution < 1.29 is 18.6 Å². The van der Waals surface area contributed by atoms with Crippen LogP contribution in [0.5, 0.6) is 5.75 Å². The summed E-state index contributed by atoms with van der Waals surface area (Å²) in [4.78, 5) is 0. The first-order valence-electron chi connectivity index (χ1n) is 4.46. The lowest BCUT2D eigenvalue weighted by Gasteiger charge is -2.15. The van der Waals surface area contributed by atoms with Crippen LogP contribution in [0.25, 0.3) is 0 Å². The monoisotopic (exact) mass is 217 g/mol. The van der Waals surface area contributed by atoms with Crippen LogP contribution in [0.3, 0.4) is 0 Å². The molecule has 5 heteroatoms. The largest absolute Gasteiger partial charge is 0.493 e. The van der Waals surface area contributed by atoms with Crippen molar-refractivity contribution in [2.45, 2.75) is 6.10 Å². The van der Waals surface area contributed by atoms with Gasteiger partial charge in [0, 0.05) is 6.54 Å². The molecule has 0 fully saturated rings. The zero-order valence-corrected chi connectivity index (χ0v) is 8.55. The average Bonchev–Trinajstić information content (AvgIpc) is 2.21. The fraction of sp³-hybridized carbons (Fsp3) is 0.400. The second-order valence-corrected chi connectivity index (χ2v) is 3.05. The summed E-state index contributed by atoms with van der Waals surface area (Å²) in [6, 6.07) is 1.93. The van der Waals surface area contributed by atoms with Gasteiger partial charge in [-0.05, 0) is 19.2 Å². The summed E-state index contributed by atoms with van der Waals surface area (Å²) >= 11 is 0. The van der Waals surface area contributed by atoms with Crippen molar-refractivity contribution in [1.29, 1.82) is 0 Å². The predicted octanol–water partition coefficient (Wildman–Crippen LogP) is 1.23.